The van der Waals surface area contributed by atoms with Crippen LogP contribution in [0, 0.1) is 12.7 Å². The second kappa shape index (κ2) is 8.03. The van der Waals surface area contributed by atoms with E-state index in [1.165, 1.54) is 18.3 Å². The Kier molecular flexibility index (Phi) is 5.54. The Hall–Kier alpha value is -3.16. The molecule has 1 aliphatic rings. The van der Waals surface area contributed by atoms with Gasteiger partial charge in [0.25, 0.3) is 5.91 Å². The molecule has 0 saturated heterocycles. The minimum absolute atomic E-state index is 0.264. The van der Waals surface area contributed by atoms with E-state index in [4.69, 9.17) is 4.74 Å². The molecule has 8 heteroatoms. The van der Waals surface area contributed by atoms with Crippen molar-refractivity contribution in [1.29, 1.82) is 0 Å². The van der Waals surface area contributed by atoms with Crippen LogP contribution in [0.25, 0.3) is 5.65 Å². The first-order chi connectivity index (χ1) is 13.1. The molecule has 0 aliphatic carbocycles. The number of aryl methyl sites for hydroxylation is 1. The average Bonchev–Trinajstić information content (AvgIpc) is 3.08. The summed E-state index contributed by atoms with van der Waals surface area (Å²) in [7, 11) is 0. The third-order valence-corrected chi connectivity index (χ3v) is 4.03. The highest BCUT2D eigenvalue weighted by Gasteiger charge is 2.17. The van der Waals surface area contributed by atoms with Gasteiger partial charge in [0.1, 0.15) is 29.6 Å². The van der Waals surface area contributed by atoms with Gasteiger partial charge in [-0.05, 0) is 25.1 Å². The Balaban J connectivity index is 0.00000102. The van der Waals surface area contributed by atoms with E-state index in [-0.39, 0.29) is 18.3 Å². The molecular weight excluding hydrogens is 349 g/mol. The zero-order valence-corrected chi connectivity index (χ0v) is 15.5. The van der Waals surface area contributed by atoms with Crippen LogP contribution in [-0.4, -0.2) is 33.7 Å². The van der Waals surface area contributed by atoms with E-state index in [1.807, 2.05) is 20.8 Å². The molecule has 27 heavy (non-hydrogen) atoms. The molecule has 7 nitrogen and oxygen atoms in total. The first kappa shape index (κ1) is 18.6. The predicted molar refractivity (Wildman–Crippen MR) is 101 cm³/mol. The highest BCUT2D eigenvalue weighted by molar-refractivity contribution is 5.99. The predicted octanol–water partition coefficient (Wildman–Crippen LogP) is 2.94. The van der Waals surface area contributed by atoms with E-state index >= 15 is 0 Å². The molecule has 3 heterocycles. The Morgan fingerprint density at radius 1 is 1.26 bits per heavy atom. The van der Waals surface area contributed by atoms with Gasteiger partial charge in [-0.1, -0.05) is 13.8 Å². The molecule has 2 N–H and O–H groups in total. The largest absolute Gasteiger partial charge is 0.491 e. The van der Waals surface area contributed by atoms with Crippen LogP contribution < -0.4 is 15.4 Å². The fourth-order valence-electron chi connectivity index (χ4n) is 2.77. The number of rotatable bonds is 0. The van der Waals surface area contributed by atoms with Crippen LogP contribution in [0.15, 0.2) is 30.6 Å². The molecule has 4 rings (SSSR count). The number of amides is 1. The molecular formula is C19H22FN5O2. The van der Waals surface area contributed by atoms with Crippen LogP contribution in [0.2, 0.25) is 0 Å². The summed E-state index contributed by atoms with van der Waals surface area (Å²) in [5, 5.41) is 10.2. The quantitative estimate of drug-likeness (QED) is 0.635. The molecule has 3 aromatic rings. The molecule has 1 aliphatic heterocycles. The third kappa shape index (κ3) is 3.84. The van der Waals surface area contributed by atoms with Gasteiger partial charge in [0.05, 0.1) is 12.7 Å². The maximum Gasteiger partial charge on any atom is 0.256 e. The van der Waals surface area contributed by atoms with Crippen LogP contribution >= 0.6 is 0 Å². The van der Waals surface area contributed by atoms with Gasteiger partial charge in [-0.2, -0.15) is 5.10 Å². The Bertz CT molecular complexity index is 970. The Morgan fingerprint density at radius 3 is 2.89 bits per heavy atom. The fraction of sp³-hybridized carbons (Fsp3) is 0.316. The van der Waals surface area contributed by atoms with Crippen molar-refractivity contribution >= 4 is 17.4 Å². The van der Waals surface area contributed by atoms with Crippen LogP contribution in [0.5, 0.6) is 5.75 Å². The second-order valence-corrected chi connectivity index (χ2v) is 5.81. The maximum atomic E-state index is 13.6. The van der Waals surface area contributed by atoms with Gasteiger partial charge >= 0.3 is 0 Å². The lowest BCUT2D eigenvalue weighted by Crippen LogP contribution is -2.28. The molecule has 0 radical (unpaired) electrons. The number of nitrogens with one attached hydrogen (secondary N) is 2. The molecule has 0 unspecified atom stereocenters. The van der Waals surface area contributed by atoms with E-state index in [0.29, 0.717) is 41.4 Å². The van der Waals surface area contributed by atoms with Gasteiger partial charge in [-0.3, -0.25) is 4.79 Å². The summed E-state index contributed by atoms with van der Waals surface area (Å²) in [6, 6.07) is 4.37. The molecule has 1 amide bonds. The Morgan fingerprint density at radius 2 is 2.07 bits per heavy atom. The summed E-state index contributed by atoms with van der Waals surface area (Å²) >= 11 is 0. The molecule has 0 atom stereocenters. The highest BCUT2D eigenvalue weighted by atomic mass is 19.1. The molecule has 2 aromatic heterocycles. The van der Waals surface area contributed by atoms with Crippen molar-refractivity contribution in [3.8, 4) is 5.75 Å². The minimum atomic E-state index is -0.333. The van der Waals surface area contributed by atoms with E-state index < -0.39 is 0 Å². The first-order valence-corrected chi connectivity index (χ1v) is 8.90. The summed E-state index contributed by atoms with van der Waals surface area (Å²) in [5.74, 6) is 0.583. The van der Waals surface area contributed by atoms with E-state index in [1.54, 1.807) is 16.8 Å². The second-order valence-electron chi connectivity index (χ2n) is 5.81. The number of fused-ring (bicyclic) bond motifs is 2. The van der Waals surface area contributed by atoms with Crippen molar-refractivity contribution in [3.05, 3.63) is 53.1 Å². The lowest BCUT2D eigenvalue weighted by atomic mass is 10.2. The smallest absolute Gasteiger partial charge is 0.256 e. The number of benzene rings is 1. The lowest BCUT2D eigenvalue weighted by Gasteiger charge is -2.13. The molecule has 142 valence electrons. The van der Waals surface area contributed by atoms with Crippen molar-refractivity contribution in [1.82, 2.24) is 19.9 Å². The zero-order valence-electron chi connectivity index (χ0n) is 15.5. The number of hydrogen-bond acceptors (Lipinski definition) is 5. The van der Waals surface area contributed by atoms with Gasteiger partial charge in [-0.25, -0.2) is 13.9 Å². The van der Waals surface area contributed by atoms with Crippen molar-refractivity contribution < 1.29 is 13.9 Å². The molecule has 0 fully saturated rings. The Labute approximate surface area is 156 Å². The first-order valence-electron chi connectivity index (χ1n) is 8.90. The van der Waals surface area contributed by atoms with E-state index in [0.717, 1.165) is 5.56 Å². The topological polar surface area (TPSA) is 80.6 Å². The summed E-state index contributed by atoms with van der Waals surface area (Å²) in [6.45, 7) is 6.83. The summed E-state index contributed by atoms with van der Waals surface area (Å²) in [6.07, 6.45) is 3.29. The minimum Gasteiger partial charge on any atom is -0.491 e. The SMILES string of the molecule is CC.Cc1cn2ncc3c2nc1NCc1cc(F)ccc1OCCNC3=O. The van der Waals surface area contributed by atoms with E-state index in [9.17, 15) is 9.18 Å². The molecule has 0 saturated carbocycles. The van der Waals surface area contributed by atoms with Crippen LogP contribution in [0.4, 0.5) is 10.2 Å². The number of halogens is 1. The number of hydrogen-bond donors (Lipinski definition) is 2. The molecule has 1 aromatic carbocycles. The number of anilines is 1. The van der Waals surface area contributed by atoms with Crippen molar-refractivity contribution in [3.63, 3.8) is 0 Å². The number of nitrogens with zero attached hydrogens (tertiary/aromatic N) is 3. The maximum absolute atomic E-state index is 13.6. The van der Waals surface area contributed by atoms with E-state index in [2.05, 4.69) is 20.7 Å². The standard InChI is InChI=1S/C17H16FN5O2.C2H6/c1-10-9-23-16-13(8-21-23)17(24)19-4-5-25-14-3-2-12(18)6-11(14)7-20-15(10)22-16;1-2/h2-3,6,8-9H,4-5,7H2,1H3,(H,19,24)(H,20,22);1-2H3. The molecule has 2 bridgehead atoms. The third-order valence-electron chi connectivity index (χ3n) is 4.03. The van der Waals surface area contributed by atoms with Gasteiger partial charge < -0.3 is 15.4 Å². The molecule has 0 spiro atoms. The zero-order chi connectivity index (χ0) is 19.4. The number of ether oxygens (including phenoxy) is 1. The average molecular weight is 371 g/mol. The lowest BCUT2D eigenvalue weighted by molar-refractivity contribution is 0.0948. The van der Waals surface area contributed by atoms with Gasteiger partial charge in [0.15, 0.2) is 5.65 Å². The summed E-state index contributed by atoms with van der Waals surface area (Å²) in [5.41, 5.74) is 2.40. The van der Waals surface area contributed by atoms with Crippen LogP contribution in [0.1, 0.15) is 35.3 Å². The normalized spacial score (nSPS) is 13.7. The monoisotopic (exact) mass is 371 g/mol. The number of carbonyl (C=O) groups excluding carboxylic acids is 1. The number of aromatic nitrogens is 3. The van der Waals surface area contributed by atoms with Crippen molar-refractivity contribution in [2.75, 3.05) is 18.5 Å². The van der Waals surface area contributed by atoms with Crippen molar-refractivity contribution in [2.24, 2.45) is 0 Å². The summed E-state index contributed by atoms with van der Waals surface area (Å²) in [4.78, 5) is 16.9. The summed E-state index contributed by atoms with van der Waals surface area (Å²) < 4.78 is 20.9. The van der Waals surface area contributed by atoms with Gasteiger partial charge in [0.2, 0.25) is 0 Å². The van der Waals surface area contributed by atoms with Crippen LogP contribution in [-0.2, 0) is 6.54 Å². The fourth-order valence-corrected chi connectivity index (χ4v) is 2.77. The van der Waals surface area contributed by atoms with Gasteiger partial charge in [-0.15, -0.1) is 0 Å². The number of carbonyl (C=O) groups is 1. The highest BCUT2D eigenvalue weighted by Crippen LogP contribution is 2.23. The van der Waals surface area contributed by atoms with Crippen molar-refractivity contribution in [2.45, 2.75) is 27.3 Å². The van der Waals surface area contributed by atoms with Gasteiger partial charge in [0, 0.05) is 23.9 Å². The van der Waals surface area contributed by atoms with Crippen LogP contribution in [0.3, 0.4) is 0 Å².